The number of likely N-dealkylation sites (tertiary alicyclic amines) is 1. The molecule has 1 fully saturated rings. The summed E-state index contributed by atoms with van der Waals surface area (Å²) in [5.41, 5.74) is 1.67. The van der Waals surface area contributed by atoms with Crippen molar-refractivity contribution in [2.45, 2.75) is 12.5 Å². The first-order valence-corrected chi connectivity index (χ1v) is 8.83. The predicted molar refractivity (Wildman–Crippen MR) is 101 cm³/mol. The monoisotopic (exact) mass is 367 g/mol. The first kappa shape index (κ1) is 16.6. The maximum atomic E-state index is 12.9. The van der Waals surface area contributed by atoms with Crippen LogP contribution >= 0.6 is 11.6 Å². The molecule has 1 saturated heterocycles. The third-order valence-electron chi connectivity index (χ3n) is 4.42. The Hall–Kier alpha value is -2.86. The molecule has 1 N–H and O–H groups in total. The van der Waals surface area contributed by atoms with Crippen LogP contribution in [0.2, 0.25) is 5.02 Å². The lowest BCUT2D eigenvalue weighted by Crippen LogP contribution is -2.31. The van der Waals surface area contributed by atoms with Crippen LogP contribution in [-0.2, 0) is 0 Å². The highest BCUT2D eigenvalue weighted by Gasteiger charge is 2.27. The lowest BCUT2D eigenvalue weighted by molar-refractivity contribution is 0.0791. The molecule has 132 valence electrons. The zero-order chi connectivity index (χ0) is 17.9. The SMILES string of the molecule is O=C(c1cccc(-n2cccc2)c1)N1CC[C@@H](Nc2ncc(Cl)cn2)C1. The Morgan fingerprint density at radius 2 is 1.92 bits per heavy atom. The number of hydrogen-bond acceptors (Lipinski definition) is 4. The second kappa shape index (κ2) is 7.17. The second-order valence-electron chi connectivity index (χ2n) is 6.25. The summed E-state index contributed by atoms with van der Waals surface area (Å²) < 4.78 is 1.99. The van der Waals surface area contributed by atoms with E-state index in [0.29, 0.717) is 29.6 Å². The summed E-state index contributed by atoms with van der Waals surface area (Å²) in [6, 6.07) is 11.7. The largest absolute Gasteiger partial charge is 0.350 e. The lowest BCUT2D eigenvalue weighted by Gasteiger charge is -2.17. The molecule has 0 saturated carbocycles. The predicted octanol–water partition coefficient (Wildman–Crippen LogP) is 3.25. The van der Waals surface area contributed by atoms with Crippen molar-refractivity contribution < 1.29 is 4.79 Å². The number of rotatable bonds is 4. The van der Waals surface area contributed by atoms with Gasteiger partial charge in [-0.15, -0.1) is 0 Å². The van der Waals surface area contributed by atoms with Crippen LogP contribution < -0.4 is 5.32 Å². The molecule has 1 aromatic carbocycles. The number of hydrogen-bond donors (Lipinski definition) is 1. The first-order chi connectivity index (χ1) is 12.7. The molecule has 0 spiro atoms. The molecule has 1 atom stereocenters. The van der Waals surface area contributed by atoms with Gasteiger partial charge in [-0.1, -0.05) is 17.7 Å². The van der Waals surface area contributed by atoms with E-state index in [2.05, 4.69) is 15.3 Å². The number of nitrogens with one attached hydrogen (secondary N) is 1. The lowest BCUT2D eigenvalue weighted by atomic mass is 10.1. The van der Waals surface area contributed by atoms with Crippen molar-refractivity contribution in [3.63, 3.8) is 0 Å². The van der Waals surface area contributed by atoms with E-state index in [0.717, 1.165) is 12.1 Å². The fourth-order valence-corrected chi connectivity index (χ4v) is 3.22. The quantitative estimate of drug-likeness (QED) is 0.768. The molecule has 0 radical (unpaired) electrons. The Labute approximate surface area is 156 Å². The minimum absolute atomic E-state index is 0.0420. The van der Waals surface area contributed by atoms with E-state index >= 15 is 0 Å². The topological polar surface area (TPSA) is 63.1 Å². The van der Waals surface area contributed by atoms with Crippen LogP contribution in [0.5, 0.6) is 0 Å². The van der Waals surface area contributed by atoms with E-state index in [1.54, 1.807) is 12.4 Å². The molecule has 7 heteroatoms. The van der Waals surface area contributed by atoms with E-state index in [1.807, 2.05) is 58.3 Å². The minimum Gasteiger partial charge on any atom is -0.350 e. The normalized spacial score (nSPS) is 16.7. The van der Waals surface area contributed by atoms with Gasteiger partial charge in [-0.05, 0) is 36.8 Å². The van der Waals surface area contributed by atoms with E-state index in [4.69, 9.17) is 11.6 Å². The Kier molecular flexibility index (Phi) is 4.58. The van der Waals surface area contributed by atoms with Crippen LogP contribution in [0.25, 0.3) is 5.69 Å². The molecule has 0 bridgehead atoms. The fourth-order valence-electron chi connectivity index (χ4n) is 3.12. The number of nitrogens with zero attached hydrogens (tertiary/aromatic N) is 4. The van der Waals surface area contributed by atoms with Crippen molar-refractivity contribution in [1.82, 2.24) is 19.4 Å². The Bertz CT molecular complexity index is 895. The van der Waals surface area contributed by atoms with Gasteiger partial charge in [0, 0.05) is 42.8 Å². The summed E-state index contributed by atoms with van der Waals surface area (Å²) in [5.74, 6) is 0.573. The maximum absolute atomic E-state index is 12.9. The molecule has 0 aliphatic carbocycles. The number of carbonyl (C=O) groups excluding carboxylic acids is 1. The highest BCUT2D eigenvalue weighted by atomic mass is 35.5. The van der Waals surface area contributed by atoms with Crippen LogP contribution in [0, 0.1) is 0 Å². The smallest absolute Gasteiger partial charge is 0.254 e. The van der Waals surface area contributed by atoms with Gasteiger partial charge < -0.3 is 14.8 Å². The Morgan fingerprint density at radius 3 is 2.69 bits per heavy atom. The molecule has 4 rings (SSSR count). The highest BCUT2D eigenvalue weighted by molar-refractivity contribution is 6.30. The number of anilines is 1. The molecule has 6 nitrogen and oxygen atoms in total. The minimum atomic E-state index is 0.0420. The van der Waals surface area contributed by atoms with Crippen molar-refractivity contribution >= 4 is 23.5 Å². The fraction of sp³-hybridized carbons (Fsp3) is 0.211. The van der Waals surface area contributed by atoms with Crippen LogP contribution in [0.3, 0.4) is 0 Å². The first-order valence-electron chi connectivity index (χ1n) is 8.46. The summed E-state index contributed by atoms with van der Waals surface area (Å²) in [5, 5.41) is 3.76. The molecule has 1 aliphatic heterocycles. The zero-order valence-corrected chi connectivity index (χ0v) is 14.8. The van der Waals surface area contributed by atoms with E-state index in [9.17, 15) is 4.79 Å². The zero-order valence-electron chi connectivity index (χ0n) is 14.0. The van der Waals surface area contributed by atoms with E-state index in [-0.39, 0.29) is 11.9 Å². The van der Waals surface area contributed by atoms with Crippen molar-refractivity contribution in [3.05, 3.63) is 71.8 Å². The number of halogens is 1. The van der Waals surface area contributed by atoms with E-state index < -0.39 is 0 Å². The average Bonchev–Trinajstić information content (AvgIpc) is 3.35. The van der Waals surface area contributed by atoms with Crippen LogP contribution in [0.15, 0.2) is 61.2 Å². The molecule has 1 amide bonds. The van der Waals surface area contributed by atoms with Gasteiger partial charge in [-0.2, -0.15) is 0 Å². The van der Waals surface area contributed by atoms with Gasteiger partial charge in [-0.3, -0.25) is 4.79 Å². The van der Waals surface area contributed by atoms with Gasteiger partial charge in [0.25, 0.3) is 5.91 Å². The van der Waals surface area contributed by atoms with Crippen LogP contribution in [-0.4, -0.2) is 44.5 Å². The molecule has 2 aromatic heterocycles. The van der Waals surface area contributed by atoms with Crippen molar-refractivity contribution in [2.24, 2.45) is 0 Å². The van der Waals surface area contributed by atoms with Gasteiger partial charge in [0.05, 0.1) is 17.4 Å². The van der Waals surface area contributed by atoms with Gasteiger partial charge in [-0.25, -0.2) is 9.97 Å². The van der Waals surface area contributed by atoms with Gasteiger partial charge in [0.2, 0.25) is 5.95 Å². The Morgan fingerprint density at radius 1 is 1.15 bits per heavy atom. The van der Waals surface area contributed by atoms with Crippen molar-refractivity contribution in [3.8, 4) is 5.69 Å². The van der Waals surface area contributed by atoms with Crippen molar-refractivity contribution in [1.29, 1.82) is 0 Å². The molecule has 1 aliphatic rings. The number of aromatic nitrogens is 3. The standard InChI is InChI=1S/C19H18ClN5O/c20-15-11-21-19(22-12-15)23-16-6-9-25(13-16)18(26)14-4-3-5-17(10-14)24-7-1-2-8-24/h1-5,7-8,10-12,16H,6,9,13H2,(H,21,22,23)/t16-/m1/s1. The van der Waals surface area contributed by atoms with Gasteiger partial charge in [0.1, 0.15) is 0 Å². The third kappa shape index (κ3) is 3.55. The van der Waals surface area contributed by atoms with Crippen molar-refractivity contribution in [2.75, 3.05) is 18.4 Å². The number of carbonyl (C=O) groups is 1. The molecular formula is C19H18ClN5O. The molecule has 3 aromatic rings. The molecule has 0 unspecified atom stereocenters. The summed E-state index contributed by atoms with van der Waals surface area (Å²) in [6.07, 6.45) is 7.90. The molecule has 3 heterocycles. The van der Waals surface area contributed by atoms with Crippen LogP contribution in [0.1, 0.15) is 16.8 Å². The summed E-state index contributed by atoms with van der Waals surface area (Å²) >= 11 is 5.80. The van der Waals surface area contributed by atoms with Crippen LogP contribution in [0.4, 0.5) is 5.95 Å². The Balaban J connectivity index is 1.43. The number of benzene rings is 1. The molecular weight excluding hydrogens is 350 g/mol. The molecule has 26 heavy (non-hydrogen) atoms. The van der Waals surface area contributed by atoms with E-state index in [1.165, 1.54) is 0 Å². The summed E-state index contributed by atoms with van der Waals surface area (Å²) in [7, 11) is 0. The summed E-state index contributed by atoms with van der Waals surface area (Å²) in [6.45, 7) is 1.33. The maximum Gasteiger partial charge on any atom is 0.254 e. The number of amides is 1. The summed E-state index contributed by atoms with van der Waals surface area (Å²) in [4.78, 5) is 23.0. The van der Waals surface area contributed by atoms with Gasteiger partial charge in [0.15, 0.2) is 0 Å². The average molecular weight is 368 g/mol. The highest BCUT2D eigenvalue weighted by Crippen LogP contribution is 2.18. The van der Waals surface area contributed by atoms with Gasteiger partial charge >= 0.3 is 0 Å². The second-order valence-corrected chi connectivity index (χ2v) is 6.68. The third-order valence-corrected chi connectivity index (χ3v) is 4.62.